The van der Waals surface area contributed by atoms with Crippen molar-refractivity contribution in [1.82, 2.24) is 5.32 Å². The van der Waals surface area contributed by atoms with E-state index in [9.17, 15) is 14.9 Å². The van der Waals surface area contributed by atoms with Crippen LogP contribution in [0.2, 0.25) is 0 Å². The highest BCUT2D eigenvalue weighted by Gasteiger charge is 2.29. The maximum atomic E-state index is 12.0. The van der Waals surface area contributed by atoms with Gasteiger partial charge in [-0.05, 0) is 19.4 Å². The number of carbonyl (C=O) groups excluding carboxylic acids is 2. The third kappa shape index (κ3) is 4.60. The molecule has 1 aromatic carbocycles. The van der Waals surface area contributed by atoms with Crippen LogP contribution < -0.4 is 5.32 Å². The van der Waals surface area contributed by atoms with Crippen molar-refractivity contribution in [3.05, 3.63) is 46.5 Å². The number of ether oxygens (including phenoxy) is 1. The minimum absolute atomic E-state index is 0.0560. The number of hydrogen-bond donors (Lipinski definition) is 1. The van der Waals surface area contributed by atoms with Gasteiger partial charge in [-0.2, -0.15) is 5.26 Å². The number of carbonyl (C=O) groups is 2. The van der Waals surface area contributed by atoms with Crippen LogP contribution in [0.4, 0.5) is 0 Å². The fraction of sp³-hybridized carbons (Fsp3) is 0.353. The molecule has 1 aliphatic rings. The van der Waals surface area contributed by atoms with Gasteiger partial charge in [-0.25, -0.2) is 0 Å². The summed E-state index contributed by atoms with van der Waals surface area (Å²) < 4.78 is 5.07. The van der Waals surface area contributed by atoms with Crippen LogP contribution >= 0.6 is 11.8 Å². The summed E-state index contributed by atoms with van der Waals surface area (Å²) in [5.74, 6) is -0.748. The largest absolute Gasteiger partial charge is 0.462 e. The van der Waals surface area contributed by atoms with E-state index < -0.39 is 0 Å². The zero-order chi connectivity index (χ0) is 16.8. The molecule has 1 aliphatic heterocycles. The van der Waals surface area contributed by atoms with Crippen molar-refractivity contribution in [3.63, 3.8) is 0 Å². The molecule has 0 saturated heterocycles. The molecule has 1 atom stereocenters. The van der Waals surface area contributed by atoms with E-state index in [-0.39, 0.29) is 36.1 Å². The molecule has 0 aliphatic carbocycles. The Morgan fingerprint density at radius 3 is 2.74 bits per heavy atom. The highest BCUT2D eigenvalue weighted by atomic mass is 32.2. The van der Waals surface area contributed by atoms with Crippen LogP contribution in [0, 0.1) is 11.3 Å². The van der Waals surface area contributed by atoms with Gasteiger partial charge in [0.15, 0.2) is 0 Å². The molecule has 23 heavy (non-hydrogen) atoms. The standard InChI is InChI=1S/C17H18N2O3S/c1-11(2)22-16(21)10-23-17-14(9-18)13(8-15(20)19-17)12-6-4-3-5-7-12/h3-7,11,13H,8,10H2,1-2H3,(H,19,20)/t13-/m0/s1. The zero-order valence-corrected chi connectivity index (χ0v) is 13.9. The summed E-state index contributed by atoms with van der Waals surface area (Å²) in [5.41, 5.74) is 1.40. The van der Waals surface area contributed by atoms with E-state index in [0.717, 1.165) is 17.3 Å². The Morgan fingerprint density at radius 1 is 1.43 bits per heavy atom. The molecule has 0 spiro atoms. The topological polar surface area (TPSA) is 79.2 Å². The Kier molecular flexibility index (Phi) is 5.83. The lowest BCUT2D eigenvalue weighted by molar-refractivity contribution is -0.144. The maximum Gasteiger partial charge on any atom is 0.316 e. The molecule has 120 valence electrons. The van der Waals surface area contributed by atoms with Crippen molar-refractivity contribution in [1.29, 1.82) is 5.26 Å². The number of hydrogen-bond acceptors (Lipinski definition) is 5. The summed E-state index contributed by atoms with van der Waals surface area (Å²) in [7, 11) is 0. The van der Waals surface area contributed by atoms with Crippen LogP contribution in [0.15, 0.2) is 40.9 Å². The quantitative estimate of drug-likeness (QED) is 0.840. The van der Waals surface area contributed by atoms with Gasteiger partial charge in [0.05, 0.1) is 28.5 Å². The molecular weight excluding hydrogens is 312 g/mol. The van der Waals surface area contributed by atoms with Gasteiger partial charge in [-0.15, -0.1) is 0 Å². The van der Waals surface area contributed by atoms with Gasteiger partial charge in [0.1, 0.15) is 0 Å². The molecule has 5 nitrogen and oxygen atoms in total. The maximum absolute atomic E-state index is 12.0. The van der Waals surface area contributed by atoms with Crippen LogP contribution in [-0.2, 0) is 14.3 Å². The van der Waals surface area contributed by atoms with Crippen molar-refractivity contribution >= 4 is 23.6 Å². The molecule has 1 aromatic rings. The van der Waals surface area contributed by atoms with Gasteiger partial charge in [-0.1, -0.05) is 42.1 Å². The average Bonchev–Trinajstić information content (AvgIpc) is 2.52. The first-order valence-electron chi connectivity index (χ1n) is 7.32. The van der Waals surface area contributed by atoms with Gasteiger partial charge in [-0.3, -0.25) is 9.59 Å². The fourth-order valence-corrected chi connectivity index (χ4v) is 3.19. The van der Waals surface area contributed by atoms with Gasteiger partial charge in [0.25, 0.3) is 0 Å². The Bertz CT molecular complexity index is 662. The summed E-state index contributed by atoms with van der Waals surface area (Å²) in [6, 6.07) is 11.6. The number of amides is 1. The number of allylic oxidation sites excluding steroid dienone is 1. The second kappa shape index (κ2) is 7.84. The first-order chi connectivity index (χ1) is 11.0. The normalized spacial score (nSPS) is 17.7. The predicted molar refractivity (Wildman–Crippen MR) is 88.3 cm³/mol. The van der Waals surface area contributed by atoms with Gasteiger partial charge >= 0.3 is 5.97 Å². The summed E-state index contributed by atoms with van der Waals surface area (Å²) in [5, 5.41) is 12.6. The van der Waals surface area contributed by atoms with Gasteiger partial charge in [0, 0.05) is 12.3 Å². The van der Waals surface area contributed by atoms with E-state index in [2.05, 4.69) is 11.4 Å². The Hall–Kier alpha value is -2.26. The second-order valence-corrected chi connectivity index (χ2v) is 6.38. The number of nitrogens with one attached hydrogen (secondary N) is 1. The first-order valence-corrected chi connectivity index (χ1v) is 8.31. The van der Waals surface area contributed by atoms with Crippen molar-refractivity contribution in [2.75, 3.05) is 5.75 Å². The molecule has 1 N–H and O–H groups in total. The van der Waals surface area contributed by atoms with Crippen molar-refractivity contribution in [2.24, 2.45) is 0 Å². The molecule has 6 heteroatoms. The molecule has 0 aromatic heterocycles. The van der Waals surface area contributed by atoms with E-state index >= 15 is 0 Å². The molecule has 0 fully saturated rings. The van der Waals surface area contributed by atoms with Crippen molar-refractivity contribution in [2.45, 2.75) is 32.3 Å². The minimum atomic E-state index is -0.370. The van der Waals surface area contributed by atoms with E-state index in [0.29, 0.717) is 10.6 Å². The Morgan fingerprint density at radius 2 is 2.13 bits per heavy atom. The monoisotopic (exact) mass is 330 g/mol. The summed E-state index contributed by atoms with van der Waals surface area (Å²) in [6.45, 7) is 3.55. The number of thioether (sulfide) groups is 1. The zero-order valence-electron chi connectivity index (χ0n) is 13.0. The number of nitrogens with zero attached hydrogens (tertiary/aromatic N) is 1. The van der Waals surface area contributed by atoms with Crippen LogP contribution in [0.3, 0.4) is 0 Å². The third-order valence-electron chi connectivity index (χ3n) is 3.26. The third-order valence-corrected chi connectivity index (χ3v) is 4.25. The van der Waals surface area contributed by atoms with Crippen molar-refractivity contribution in [3.8, 4) is 6.07 Å². The Labute approximate surface area is 139 Å². The molecule has 0 bridgehead atoms. The summed E-state index contributed by atoms with van der Waals surface area (Å²) >= 11 is 1.13. The lowest BCUT2D eigenvalue weighted by atomic mass is 9.87. The molecule has 0 radical (unpaired) electrons. The van der Waals surface area contributed by atoms with Crippen LogP contribution in [0.1, 0.15) is 31.7 Å². The molecule has 1 amide bonds. The highest BCUT2D eigenvalue weighted by molar-refractivity contribution is 8.03. The SMILES string of the molecule is CC(C)OC(=O)CSC1=C(C#N)[C@H](c2ccccc2)CC(=O)N1. The number of rotatable bonds is 5. The smallest absolute Gasteiger partial charge is 0.316 e. The van der Waals surface area contributed by atoms with Gasteiger partial charge < -0.3 is 10.1 Å². The first kappa shape index (κ1) is 17.1. The van der Waals surface area contributed by atoms with Crippen molar-refractivity contribution < 1.29 is 14.3 Å². The highest BCUT2D eigenvalue weighted by Crippen LogP contribution is 2.35. The molecule has 0 saturated carbocycles. The van der Waals surface area contributed by atoms with E-state index in [1.54, 1.807) is 13.8 Å². The number of benzene rings is 1. The van der Waals surface area contributed by atoms with E-state index in [4.69, 9.17) is 4.74 Å². The predicted octanol–water partition coefficient (Wildman–Crippen LogP) is 2.71. The van der Waals surface area contributed by atoms with E-state index in [1.165, 1.54) is 0 Å². The lowest BCUT2D eigenvalue weighted by Gasteiger charge is -2.25. The molecular formula is C17H18N2O3S. The van der Waals surface area contributed by atoms with Gasteiger partial charge in [0.2, 0.25) is 5.91 Å². The molecule has 2 rings (SSSR count). The number of nitriles is 1. The second-order valence-electron chi connectivity index (χ2n) is 5.40. The molecule has 0 unspecified atom stereocenters. The van der Waals surface area contributed by atoms with Crippen LogP contribution in [-0.4, -0.2) is 23.7 Å². The summed E-state index contributed by atoms with van der Waals surface area (Å²) in [4.78, 5) is 23.6. The van der Waals surface area contributed by atoms with Crippen LogP contribution in [0.5, 0.6) is 0 Å². The van der Waals surface area contributed by atoms with E-state index in [1.807, 2.05) is 30.3 Å². The minimum Gasteiger partial charge on any atom is -0.462 e. The number of esters is 1. The molecule has 1 heterocycles. The fourth-order valence-electron chi connectivity index (χ4n) is 2.33. The summed E-state index contributed by atoms with van der Waals surface area (Å²) in [6.07, 6.45) is 0.0402. The lowest BCUT2D eigenvalue weighted by Crippen LogP contribution is -2.31. The Balaban J connectivity index is 2.21. The van der Waals surface area contributed by atoms with Crippen LogP contribution in [0.25, 0.3) is 0 Å². The average molecular weight is 330 g/mol.